The van der Waals surface area contributed by atoms with Crippen LogP contribution in [0, 0.1) is 0 Å². The highest BCUT2D eigenvalue weighted by molar-refractivity contribution is 7.80. The van der Waals surface area contributed by atoms with Crippen molar-refractivity contribution in [2.24, 2.45) is 7.05 Å². The van der Waals surface area contributed by atoms with E-state index in [4.69, 9.17) is 0 Å². The van der Waals surface area contributed by atoms with Crippen LogP contribution in [-0.4, -0.2) is 14.9 Å². The van der Waals surface area contributed by atoms with E-state index in [0.717, 1.165) is 18.7 Å². The summed E-state index contributed by atoms with van der Waals surface area (Å²) in [5.74, 6) is 0.964. The Morgan fingerprint density at radius 2 is 1.93 bits per heavy atom. The Labute approximate surface area is 90.2 Å². The molecule has 0 aliphatic rings. The van der Waals surface area contributed by atoms with Crippen molar-refractivity contribution in [3.8, 4) is 0 Å². The summed E-state index contributed by atoms with van der Waals surface area (Å²) < 4.78 is 3.37. The Morgan fingerprint density at radius 3 is 2.50 bits per heavy atom. The first-order chi connectivity index (χ1) is 6.75. The molecule has 0 radical (unpaired) electrons. The van der Waals surface area contributed by atoms with E-state index in [2.05, 4.69) is 12.6 Å². The Kier molecular flexibility index (Phi) is 4.87. The topological polar surface area (TPSA) is 26.9 Å². The van der Waals surface area contributed by atoms with Gasteiger partial charge in [0.15, 0.2) is 0 Å². The summed E-state index contributed by atoms with van der Waals surface area (Å²) in [5.41, 5.74) is 0.0826. The molecule has 1 heterocycles. The second-order valence-electron chi connectivity index (χ2n) is 3.52. The van der Waals surface area contributed by atoms with E-state index in [1.807, 2.05) is 6.20 Å². The molecule has 0 amide bonds. The summed E-state index contributed by atoms with van der Waals surface area (Å²) in [7, 11) is 1.78. The Morgan fingerprint density at radius 1 is 1.21 bits per heavy atom. The van der Waals surface area contributed by atoms with Crippen LogP contribution in [0.5, 0.6) is 0 Å². The van der Waals surface area contributed by atoms with Crippen LogP contribution in [0.25, 0.3) is 0 Å². The van der Waals surface area contributed by atoms with Gasteiger partial charge in [-0.1, -0.05) is 12.8 Å². The molecule has 3 nitrogen and oxygen atoms in total. The summed E-state index contributed by atoms with van der Waals surface area (Å²) in [4.78, 5) is 11.4. The number of rotatable bonds is 6. The maximum Gasteiger partial charge on any atom is 0.327 e. The van der Waals surface area contributed by atoms with Crippen LogP contribution in [0.1, 0.15) is 25.7 Å². The lowest BCUT2D eigenvalue weighted by atomic mass is 10.2. The van der Waals surface area contributed by atoms with Crippen molar-refractivity contribution in [3.05, 3.63) is 22.9 Å². The quantitative estimate of drug-likeness (QED) is 0.566. The standard InChI is InChI=1S/C10H18N2OS/c1-11-7-8-12(10(11)13)6-4-2-3-5-9-14/h7-8,14H,2-6,9H2,1H3. The molecule has 1 aromatic rings. The summed E-state index contributed by atoms with van der Waals surface area (Å²) in [6, 6.07) is 0. The highest BCUT2D eigenvalue weighted by Gasteiger charge is 1.98. The van der Waals surface area contributed by atoms with Gasteiger partial charge in [0.1, 0.15) is 0 Å². The van der Waals surface area contributed by atoms with Crippen molar-refractivity contribution < 1.29 is 0 Å². The smallest absolute Gasteiger partial charge is 0.302 e. The summed E-state index contributed by atoms with van der Waals surface area (Å²) >= 11 is 4.15. The lowest BCUT2D eigenvalue weighted by molar-refractivity contribution is 0.565. The van der Waals surface area contributed by atoms with E-state index in [0.29, 0.717) is 0 Å². The molecule has 0 bridgehead atoms. The number of aromatic nitrogens is 2. The molecule has 0 spiro atoms. The van der Waals surface area contributed by atoms with Crippen molar-refractivity contribution in [2.45, 2.75) is 32.2 Å². The Bertz CT molecular complexity index is 316. The largest absolute Gasteiger partial charge is 0.327 e. The fourth-order valence-corrected chi connectivity index (χ4v) is 1.65. The van der Waals surface area contributed by atoms with E-state index in [-0.39, 0.29) is 5.69 Å². The fraction of sp³-hybridized carbons (Fsp3) is 0.700. The maximum atomic E-state index is 11.4. The second kappa shape index (κ2) is 5.96. The predicted molar refractivity (Wildman–Crippen MR) is 62.0 cm³/mol. The molecule has 80 valence electrons. The molecule has 14 heavy (non-hydrogen) atoms. The van der Waals surface area contributed by atoms with Gasteiger partial charge in [0, 0.05) is 26.0 Å². The van der Waals surface area contributed by atoms with Gasteiger partial charge in [-0.25, -0.2) is 4.79 Å². The van der Waals surface area contributed by atoms with E-state index in [1.54, 1.807) is 22.4 Å². The van der Waals surface area contributed by atoms with Crippen molar-refractivity contribution in [1.29, 1.82) is 0 Å². The molecule has 0 aliphatic carbocycles. The molecule has 0 atom stereocenters. The summed E-state index contributed by atoms with van der Waals surface area (Å²) in [6.45, 7) is 0.840. The normalized spacial score (nSPS) is 10.7. The highest BCUT2D eigenvalue weighted by atomic mass is 32.1. The van der Waals surface area contributed by atoms with E-state index >= 15 is 0 Å². The number of aryl methyl sites for hydroxylation is 2. The van der Waals surface area contributed by atoms with Crippen molar-refractivity contribution in [1.82, 2.24) is 9.13 Å². The van der Waals surface area contributed by atoms with Gasteiger partial charge in [0.05, 0.1) is 0 Å². The number of thiol groups is 1. The van der Waals surface area contributed by atoms with Crippen LogP contribution in [0.15, 0.2) is 17.2 Å². The first-order valence-electron chi connectivity index (χ1n) is 5.08. The van der Waals surface area contributed by atoms with Crippen LogP contribution in [-0.2, 0) is 13.6 Å². The molecule has 1 aromatic heterocycles. The van der Waals surface area contributed by atoms with Crippen molar-refractivity contribution >= 4 is 12.6 Å². The SMILES string of the molecule is Cn1ccn(CCCCCCS)c1=O. The maximum absolute atomic E-state index is 11.4. The van der Waals surface area contributed by atoms with Gasteiger partial charge in [-0.2, -0.15) is 12.6 Å². The van der Waals surface area contributed by atoms with Crippen LogP contribution in [0.4, 0.5) is 0 Å². The summed E-state index contributed by atoms with van der Waals surface area (Å²) in [6.07, 6.45) is 8.30. The first-order valence-corrected chi connectivity index (χ1v) is 5.71. The van der Waals surface area contributed by atoms with Crippen LogP contribution >= 0.6 is 12.6 Å². The Balaban J connectivity index is 2.25. The third-order valence-electron chi connectivity index (χ3n) is 2.32. The third-order valence-corrected chi connectivity index (χ3v) is 2.64. The molecule has 0 saturated carbocycles. The lowest BCUT2D eigenvalue weighted by Crippen LogP contribution is -2.21. The molecule has 0 aliphatic heterocycles. The zero-order chi connectivity index (χ0) is 10.4. The fourth-order valence-electron chi connectivity index (χ4n) is 1.43. The summed E-state index contributed by atoms with van der Waals surface area (Å²) in [5, 5.41) is 0. The van der Waals surface area contributed by atoms with Crippen LogP contribution in [0.2, 0.25) is 0 Å². The third kappa shape index (κ3) is 3.25. The van der Waals surface area contributed by atoms with Gasteiger partial charge in [-0.15, -0.1) is 0 Å². The zero-order valence-corrected chi connectivity index (χ0v) is 9.54. The highest BCUT2D eigenvalue weighted by Crippen LogP contribution is 2.01. The number of nitrogens with zero attached hydrogens (tertiary/aromatic N) is 2. The van der Waals surface area contributed by atoms with Gasteiger partial charge in [0.25, 0.3) is 0 Å². The van der Waals surface area contributed by atoms with Gasteiger partial charge in [0.2, 0.25) is 0 Å². The number of hydrogen-bond donors (Lipinski definition) is 1. The Hall–Kier alpha value is -0.640. The molecule has 0 fully saturated rings. The van der Waals surface area contributed by atoms with Crippen molar-refractivity contribution in [2.75, 3.05) is 5.75 Å². The average Bonchev–Trinajstić information content (AvgIpc) is 2.49. The van der Waals surface area contributed by atoms with E-state index in [1.165, 1.54) is 19.3 Å². The minimum absolute atomic E-state index is 0.0826. The minimum Gasteiger partial charge on any atom is -0.302 e. The monoisotopic (exact) mass is 214 g/mol. The molecular weight excluding hydrogens is 196 g/mol. The molecular formula is C10H18N2OS. The van der Waals surface area contributed by atoms with Crippen molar-refractivity contribution in [3.63, 3.8) is 0 Å². The molecule has 1 rings (SSSR count). The molecule has 4 heteroatoms. The number of hydrogen-bond acceptors (Lipinski definition) is 2. The van der Waals surface area contributed by atoms with Gasteiger partial charge in [-0.05, 0) is 18.6 Å². The molecule has 0 aromatic carbocycles. The lowest BCUT2D eigenvalue weighted by Gasteiger charge is -2.00. The molecule has 0 N–H and O–H groups in total. The second-order valence-corrected chi connectivity index (χ2v) is 3.97. The molecule has 0 unspecified atom stereocenters. The zero-order valence-electron chi connectivity index (χ0n) is 8.65. The average molecular weight is 214 g/mol. The van der Waals surface area contributed by atoms with Crippen LogP contribution in [0.3, 0.4) is 0 Å². The first kappa shape index (κ1) is 11.4. The van der Waals surface area contributed by atoms with Gasteiger partial charge >= 0.3 is 5.69 Å². The van der Waals surface area contributed by atoms with E-state index < -0.39 is 0 Å². The number of unbranched alkanes of at least 4 members (excludes halogenated alkanes) is 3. The van der Waals surface area contributed by atoms with Gasteiger partial charge in [-0.3, -0.25) is 4.57 Å². The predicted octanol–water partition coefficient (Wildman–Crippen LogP) is 1.68. The van der Waals surface area contributed by atoms with Crippen LogP contribution < -0.4 is 5.69 Å². The van der Waals surface area contributed by atoms with E-state index in [9.17, 15) is 4.79 Å². The minimum atomic E-state index is 0.0826. The van der Waals surface area contributed by atoms with Gasteiger partial charge < -0.3 is 4.57 Å². The number of imidazole rings is 1. The molecule has 0 saturated heterocycles.